The first kappa shape index (κ1) is 13.4. The Bertz CT molecular complexity index is 440. The van der Waals surface area contributed by atoms with Crippen molar-refractivity contribution < 1.29 is 4.79 Å². The van der Waals surface area contributed by atoms with Gasteiger partial charge in [0.05, 0.1) is 5.75 Å². The zero-order chi connectivity index (χ0) is 13.2. The van der Waals surface area contributed by atoms with Gasteiger partial charge in [0.1, 0.15) is 0 Å². The summed E-state index contributed by atoms with van der Waals surface area (Å²) in [6, 6.07) is 8.13. The van der Waals surface area contributed by atoms with E-state index in [0.29, 0.717) is 5.75 Å². The number of anilines is 1. The molecule has 0 aromatic heterocycles. The standard InChI is InChI=1S/C14H20N2OS/c1-14(2,15)10-18-9-13(17)16-8-7-11-5-3-4-6-12(11)16/h3-6H,7-10,15H2,1-2H3. The SMILES string of the molecule is CC(C)(N)CSCC(=O)N1CCc2ccccc21. The lowest BCUT2D eigenvalue weighted by Crippen LogP contribution is -2.36. The van der Waals surface area contributed by atoms with E-state index in [1.165, 1.54) is 5.56 Å². The maximum absolute atomic E-state index is 12.2. The number of hydrogen-bond acceptors (Lipinski definition) is 3. The molecule has 1 aliphatic rings. The molecule has 0 bridgehead atoms. The Labute approximate surface area is 113 Å². The number of nitrogens with two attached hydrogens (primary N) is 1. The van der Waals surface area contributed by atoms with Crippen LogP contribution in [-0.2, 0) is 11.2 Å². The highest BCUT2D eigenvalue weighted by Gasteiger charge is 2.24. The van der Waals surface area contributed by atoms with Gasteiger partial charge in [-0.25, -0.2) is 0 Å². The monoisotopic (exact) mass is 264 g/mol. The largest absolute Gasteiger partial charge is 0.325 e. The van der Waals surface area contributed by atoms with E-state index in [1.54, 1.807) is 11.8 Å². The fourth-order valence-electron chi connectivity index (χ4n) is 2.08. The molecule has 2 rings (SSSR count). The van der Waals surface area contributed by atoms with Gasteiger partial charge in [-0.1, -0.05) is 18.2 Å². The van der Waals surface area contributed by atoms with Crippen LogP contribution in [0.15, 0.2) is 24.3 Å². The molecule has 0 atom stereocenters. The van der Waals surface area contributed by atoms with E-state index in [2.05, 4.69) is 6.07 Å². The Hall–Kier alpha value is -1.00. The molecule has 4 heteroatoms. The second-order valence-corrected chi connectivity index (χ2v) is 6.39. The molecule has 3 nitrogen and oxygen atoms in total. The van der Waals surface area contributed by atoms with Gasteiger partial charge in [-0.3, -0.25) is 4.79 Å². The first-order chi connectivity index (χ1) is 8.47. The van der Waals surface area contributed by atoms with Crippen molar-refractivity contribution in [2.45, 2.75) is 25.8 Å². The van der Waals surface area contributed by atoms with Crippen LogP contribution in [0.25, 0.3) is 0 Å². The van der Waals surface area contributed by atoms with Gasteiger partial charge in [0.25, 0.3) is 0 Å². The van der Waals surface area contributed by atoms with Crippen molar-refractivity contribution in [3.05, 3.63) is 29.8 Å². The summed E-state index contributed by atoms with van der Waals surface area (Å²) in [5, 5.41) is 0. The third kappa shape index (κ3) is 3.27. The number of fused-ring (bicyclic) bond motifs is 1. The minimum Gasteiger partial charge on any atom is -0.325 e. The summed E-state index contributed by atoms with van der Waals surface area (Å²) in [6.07, 6.45) is 0.967. The molecule has 1 aromatic rings. The van der Waals surface area contributed by atoms with Gasteiger partial charge in [0.2, 0.25) is 5.91 Å². The molecule has 0 saturated carbocycles. The zero-order valence-electron chi connectivity index (χ0n) is 11.0. The Morgan fingerprint density at radius 3 is 2.89 bits per heavy atom. The van der Waals surface area contributed by atoms with E-state index < -0.39 is 0 Å². The number of hydrogen-bond donors (Lipinski definition) is 1. The van der Waals surface area contributed by atoms with E-state index in [1.807, 2.05) is 36.9 Å². The van der Waals surface area contributed by atoms with Crippen LogP contribution in [-0.4, -0.2) is 29.5 Å². The molecule has 0 fully saturated rings. The van der Waals surface area contributed by atoms with E-state index >= 15 is 0 Å². The fourth-order valence-corrected chi connectivity index (χ4v) is 3.04. The molecule has 0 unspecified atom stereocenters. The number of thioether (sulfide) groups is 1. The molecule has 1 aromatic carbocycles. The fraction of sp³-hybridized carbons (Fsp3) is 0.500. The van der Waals surface area contributed by atoms with Gasteiger partial charge in [0.15, 0.2) is 0 Å². The highest BCUT2D eigenvalue weighted by Crippen LogP contribution is 2.28. The molecule has 2 N–H and O–H groups in total. The number of carbonyl (C=O) groups is 1. The van der Waals surface area contributed by atoms with E-state index in [-0.39, 0.29) is 11.4 Å². The number of para-hydroxylation sites is 1. The van der Waals surface area contributed by atoms with E-state index in [0.717, 1.165) is 24.4 Å². The van der Waals surface area contributed by atoms with Crippen LogP contribution in [0.3, 0.4) is 0 Å². The van der Waals surface area contributed by atoms with Crippen molar-refractivity contribution in [2.24, 2.45) is 5.73 Å². The number of amides is 1. The maximum Gasteiger partial charge on any atom is 0.236 e. The van der Waals surface area contributed by atoms with Crippen molar-refractivity contribution in [3.63, 3.8) is 0 Å². The molecule has 0 spiro atoms. The molecule has 18 heavy (non-hydrogen) atoms. The summed E-state index contributed by atoms with van der Waals surface area (Å²) in [6.45, 7) is 4.77. The first-order valence-corrected chi connectivity index (χ1v) is 7.38. The Morgan fingerprint density at radius 1 is 1.44 bits per heavy atom. The van der Waals surface area contributed by atoms with Crippen LogP contribution in [0.2, 0.25) is 0 Å². The molecule has 1 aliphatic heterocycles. The summed E-state index contributed by atoms with van der Waals surface area (Å²) in [5.41, 5.74) is 8.04. The molecule has 98 valence electrons. The summed E-state index contributed by atoms with van der Waals surface area (Å²) in [7, 11) is 0. The average molecular weight is 264 g/mol. The van der Waals surface area contributed by atoms with Crippen molar-refractivity contribution >= 4 is 23.4 Å². The predicted octanol–water partition coefficient (Wildman–Crippen LogP) is 2.05. The number of nitrogens with zero attached hydrogens (tertiary/aromatic N) is 1. The highest BCUT2D eigenvalue weighted by atomic mass is 32.2. The first-order valence-electron chi connectivity index (χ1n) is 6.22. The van der Waals surface area contributed by atoms with E-state index in [9.17, 15) is 4.79 Å². The predicted molar refractivity (Wildman–Crippen MR) is 78.1 cm³/mol. The molecule has 1 heterocycles. The van der Waals surface area contributed by atoms with Gasteiger partial charge < -0.3 is 10.6 Å². The number of benzene rings is 1. The summed E-state index contributed by atoms with van der Waals surface area (Å²) in [4.78, 5) is 14.1. The Morgan fingerprint density at radius 2 is 2.17 bits per heavy atom. The number of rotatable bonds is 4. The van der Waals surface area contributed by atoms with Gasteiger partial charge >= 0.3 is 0 Å². The van der Waals surface area contributed by atoms with Gasteiger partial charge in [-0.2, -0.15) is 11.8 Å². The van der Waals surface area contributed by atoms with Crippen molar-refractivity contribution in [3.8, 4) is 0 Å². The normalized spacial score (nSPS) is 14.7. The van der Waals surface area contributed by atoms with Crippen LogP contribution in [0.5, 0.6) is 0 Å². The molecule has 0 radical (unpaired) electrons. The second-order valence-electron chi connectivity index (χ2n) is 5.41. The number of carbonyl (C=O) groups excluding carboxylic acids is 1. The Balaban J connectivity index is 1.92. The topological polar surface area (TPSA) is 46.3 Å². The van der Waals surface area contributed by atoms with Crippen molar-refractivity contribution in [1.82, 2.24) is 0 Å². The summed E-state index contributed by atoms with van der Waals surface area (Å²) >= 11 is 1.61. The molecular weight excluding hydrogens is 244 g/mol. The van der Waals surface area contributed by atoms with Gasteiger partial charge in [0, 0.05) is 23.5 Å². The molecule has 1 amide bonds. The summed E-state index contributed by atoms with van der Waals surface area (Å²) < 4.78 is 0. The van der Waals surface area contributed by atoms with Crippen molar-refractivity contribution in [2.75, 3.05) is 23.0 Å². The average Bonchev–Trinajstić information content (AvgIpc) is 2.70. The van der Waals surface area contributed by atoms with Crippen LogP contribution < -0.4 is 10.6 Å². The van der Waals surface area contributed by atoms with Crippen LogP contribution in [0.4, 0.5) is 5.69 Å². The lowest BCUT2D eigenvalue weighted by molar-refractivity contribution is -0.116. The van der Waals surface area contributed by atoms with Crippen molar-refractivity contribution in [1.29, 1.82) is 0 Å². The molecule has 0 saturated heterocycles. The van der Waals surface area contributed by atoms with Gasteiger partial charge in [-0.05, 0) is 31.9 Å². The smallest absolute Gasteiger partial charge is 0.236 e. The minimum absolute atomic E-state index is 0.189. The lowest BCUT2D eigenvalue weighted by atomic mass is 10.1. The third-order valence-corrected chi connectivity index (χ3v) is 4.29. The van der Waals surface area contributed by atoms with Crippen LogP contribution >= 0.6 is 11.8 Å². The van der Waals surface area contributed by atoms with E-state index in [4.69, 9.17) is 5.73 Å². The third-order valence-electron chi connectivity index (χ3n) is 2.89. The lowest BCUT2D eigenvalue weighted by Gasteiger charge is -2.20. The van der Waals surface area contributed by atoms with Crippen LogP contribution in [0, 0.1) is 0 Å². The quantitative estimate of drug-likeness (QED) is 0.905. The molecule has 0 aliphatic carbocycles. The highest BCUT2D eigenvalue weighted by molar-refractivity contribution is 8.00. The molecular formula is C14H20N2OS. The Kier molecular flexibility index (Phi) is 3.97. The zero-order valence-corrected chi connectivity index (χ0v) is 11.8. The summed E-state index contributed by atoms with van der Waals surface area (Å²) in [5.74, 6) is 1.50. The van der Waals surface area contributed by atoms with Crippen LogP contribution in [0.1, 0.15) is 19.4 Å². The maximum atomic E-state index is 12.2. The second kappa shape index (κ2) is 5.33. The van der Waals surface area contributed by atoms with Gasteiger partial charge in [-0.15, -0.1) is 0 Å². The minimum atomic E-state index is -0.214.